The second-order valence-electron chi connectivity index (χ2n) is 6.70. The molecule has 1 saturated heterocycles. The third kappa shape index (κ3) is 4.69. The predicted octanol–water partition coefficient (Wildman–Crippen LogP) is 1.18. The summed E-state index contributed by atoms with van der Waals surface area (Å²) in [6, 6.07) is 8.51. The highest BCUT2D eigenvalue weighted by molar-refractivity contribution is 6.39. The van der Waals surface area contributed by atoms with E-state index in [1.165, 1.54) is 0 Å². The number of hydrogen-bond acceptors (Lipinski definition) is 7. The first-order valence-corrected chi connectivity index (χ1v) is 9.55. The highest BCUT2D eigenvalue weighted by atomic mass is 16.6. The lowest BCUT2D eigenvalue weighted by Crippen LogP contribution is -2.45. The van der Waals surface area contributed by atoms with E-state index >= 15 is 0 Å². The Kier molecular flexibility index (Phi) is 5.97. The summed E-state index contributed by atoms with van der Waals surface area (Å²) in [5.74, 6) is 0.427. The predicted molar refractivity (Wildman–Crippen MR) is 103 cm³/mol. The zero-order chi connectivity index (χ0) is 20.1. The molecule has 154 valence electrons. The fraction of sp³-hybridized carbons (Fsp3) is 0.400. The summed E-state index contributed by atoms with van der Waals surface area (Å²) in [5, 5.41) is 5.29. The minimum atomic E-state index is -0.748. The molecule has 2 aromatic rings. The monoisotopic (exact) mass is 401 g/mol. The fourth-order valence-corrected chi connectivity index (χ4v) is 3.36. The second-order valence-corrected chi connectivity index (χ2v) is 6.70. The number of benzene rings is 1. The van der Waals surface area contributed by atoms with Gasteiger partial charge < -0.3 is 29.3 Å². The van der Waals surface area contributed by atoms with Crippen LogP contribution in [0.25, 0.3) is 0 Å². The van der Waals surface area contributed by atoms with Crippen molar-refractivity contribution in [3.8, 4) is 11.5 Å². The number of morpholine rings is 1. The molecule has 2 amide bonds. The van der Waals surface area contributed by atoms with Crippen LogP contribution in [-0.4, -0.2) is 62.8 Å². The maximum absolute atomic E-state index is 12.3. The van der Waals surface area contributed by atoms with Crippen molar-refractivity contribution in [3.05, 3.63) is 42.4 Å². The van der Waals surface area contributed by atoms with Crippen LogP contribution in [0.15, 0.2) is 41.0 Å². The lowest BCUT2D eigenvalue weighted by molar-refractivity contribution is -0.136. The molecule has 1 unspecified atom stereocenters. The van der Waals surface area contributed by atoms with Gasteiger partial charge >= 0.3 is 11.8 Å². The quantitative estimate of drug-likeness (QED) is 0.726. The van der Waals surface area contributed by atoms with Gasteiger partial charge in [-0.05, 0) is 24.3 Å². The summed E-state index contributed by atoms with van der Waals surface area (Å²) in [5.41, 5.74) is 0.463. The summed E-state index contributed by atoms with van der Waals surface area (Å²) in [6.45, 7) is 3.88. The molecule has 2 aliphatic heterocycles. The van der Waals surface area contributed by atoms with Crippen LogP contribution in [0.3, 0.4) is 0 Å². The third-order valence-corrected chi connectivity index (χ3v) is 4.82. The number of hydrogen-bond donors (Lipinski definition) is 2. The van der Waals surface area contributed by atoms with Gasteiger partial charge in [-0.1, -0.05) is 0 Å². The van der Waals surface area contributed by atoms with Crippen LogP contribution in [-0.2, 0) is 14.3 Å². The molecule has 29 heavy (non-hydrogen) atoms. The van der Waals surface area contributed by atoms with Crippen molar-refractivity contribution in [1.29, 1.82) is 0 Å². The van der Waals surface area contributed by atoms with Gasteiger partial charge in [0, 0.05) is 31.4 Å². The van der Waals surface area contributed by atoms with Gasteiger partial charge in [0.25, 0.3) is 0 Å². The minimum absolute atomic E-state index is 0.167. The zero-order valence-corrected chi connectivity index (χ0v) is 15.9. The first-order chi connectivity index (χ1) is 14.2. The first-order valence-electron chi connectivity index (χ1n) is 9.55. The number of fused-ring (bicyclic) bond motifs is 1. The molecule has 2 aliphatic rings. The van der Waals surface area contributed by atoms with Crippen molar-refractivity contribution >= 4 is 17.5 Å². The van der Waals surface area contributed by atoms with Crippen molar-refractivity contribution in [3.63, 3.8) is 0 Å². The maximum atomic E-state index is 12.3. The van der Waals surface area contributed by atoms with E-state index in [4.69, 9.17) is 18.6 Å². The maximum Gasteiger partial charge on any atom is 0.313 e. The summed E-state index contributed by atoms with van der Waals surface area (Å²) in [4.78, 5) is 26.8. The minimum Gasteiger partial charge on any atom is -0.486 e. The van der Waals surface area contributed by atoms with Crippen LogP contribution in [0.4, 0.5) is 5.69 Å². The Morgan fingerprint density at radius 2 is 1.79 bits per heavy atom. The second kappa shape index (κ2) is 8.97. The molecule has 0 spiro atoms. The molecule has 3 heterocycles. The molecule has 4 rings (SSSR count). The van der Waals surface area contributed by atoms with Crippen molar-refractivity contribution < 1.29 is 28.2 Å². The van der Waals surface area contributed by atoms with E-state index in [0.717, 1.165) is 18.8 Å². The van der Waals surface area contributed by atoms with Crippen LogP contribution >= 0.6 is 0 Å². The van der Waals surface area contributed by atoms with Gasteiger partial charge in [0.05, 0.1) is 25.5 Å². The van der Waals surface area contributed by atoms with Gasteiger partial charge in [0.2, 0.25) is 0 Å². The normalized spacial score (nSPS) is 17.4. The number of carbonyl (C=O) groups is 2. The van der Waals surface area contributed by atoms with Crippen molar-refractivity contribution in [2.45, 2.75) is 6.04 Å². The zero-order valence-electron chi connectivity index (χ0n) is 15.9. The summed E-state index contributed by atoms with van der Waals surface area (Å²) in [6.07, 6.45) is 1.60. The van der Waals surface area contributed by atoms with Crippen LogP contribution in [0.2, 0.25) is 0 Å². The number of carbonyl (C=O) groups excluding carboxylic acids is 2. The Hall–Kier alpha value is -3.04. The van der Waals surface area contributed by atoms with Gasteiger partial charge in [0.15, 0.2) is 11.5 Å². The van der Waals surface area contributed by atoms with Crippen molar-refractivity contribution in [2.75, 3.05) is 51.4 Å². The molecule has 0 radical (unpaired) electrons. The standard InChI is InChI=1S/C20H23N3O6/c24-19(20(25)22-14-3-4-17-18(12-14)29-11-10-28-17)21-13-15(16-2-1-7-27-16)23-5-8-26-9-6-23/h1-4,7,12,15H,5-6,8-11,13H2,(H,21,24)(H,22,25). The highest BCUT2D eigenvalue weighted by Crippen LogP contribution is 2.32. The molecule has 1 aromatic carbocycles. The Labute approximate surface area is 167 Å². The number of nitrogens with one attached hydrogen (secondary N) is 2. The smallest absolute Gasteiger partial charge is 0.313 e. The van der Waals surface area contributed by atoms with Gasteiger partial charge in [-0.15, -0.1) is 0 Å². The molecule has 1 aromatic heterocycles. The SMILES string of the molecule is O=C(NCC(c1ccco1)N1CCOCC1)C(=O)Nc1ccc2c(c1)OCCO2. The molecule has 2 N–H and O–H groups in total. The van der Waals surface area contributed by atoms with Crippen LogP contribution in [0, 0.1) is 0 Å². The Balaban J connectivity index is 1.35. The highest BCUT2D eigenvalue weighted by Gasteiger charge is 2.26. The number of anilines is 1. The van der Waals surface area contributed by atoms with Gasteiger partial charge in [-0.2, -0.15) is 0 Å². The van der Waals surface area contributed by atoms with Crippen molar-refractivity contribution in [2.24, 2.45) is 0 Å². The lowest BCUT2D eigenvalue weighted by Gasteiger charge is -2.33. The summed E-state index contributed by atoms with van der Waals surface area (Å²) >= 11 is 0. The average molecular weight is 401 g/mol. The molecule has 9 heteroatoms. The largest absolute Gasteiger partial charge is 0.486 e. The summed E-state index contributed by atoms with van der Waals surface area (Å²) in [7, 11) is 0. The number of ether oxygens (including phenoxy) is 3. The van der Waals surface area contributed by atoms with E-state index < -0.39 is 11.8 Å². The molecular formula is C20H23N3O6. The van der Waals surface area contributed by atoms with E-state index in [-0.39, 0.29) is 12.6 Å². The van der Waals surface area contributed by atoms with Gasteiger partial charge in [0.1, 0.15) is 19.0 Å². The lowest BCUT2D eigenvalue weighted by atomic mass is 10.1. The number of furan rings is 1. The third-order valence-electron chi connectivity index (χ3n) is 4.82. The van der Waals surface area contributed by atoms with E-state index in [0.29, 0.717) is 43.6 Å². The number of nitrogens with zero attached hydrogens (tertiary/aromatic N) is 1. The Bertz CT molecular complexity index is 848. The van der Waals surface area contributed by atoms with Crippen LogP contribution in [0.5, 0.6) is 11.5 Å². The topological polar surface area (TPSA) is 102 Å². The van der Waals surface area contributed by atoms with E-state index in [2.05, 4.69) is 15.5 Å². The Morgan fingerprint density at radius 3 is 2.55 bits per heavy atom. The van der Waals surface area contributed by atoms with Crippen LogP contribution in [0.1, 0.15) is 11.8 Å². The van der Waals surface area contributed by atoms with E-state index in [9.17, 15) is 9.59 Å². The molecule has 1 atom stereocenters. The molecular weight excluding hydrogens is 378 g/mol. The summed E-state index contributed by atoms with van der Waals surface area (Å²) < 4.78 is 21.9. The average Bonchev–Trinajstić information content (AvgIpc) is 3.29. The first kappa shape index (κ1) is 19.3. The van der Waals surface area contributed by atoms with Crippen molar-refractivity contribution in [1.82, 2.24) is 10.2 Å². The van der Waals surface area contributed by atoms with Gasteiger partial charge in [-0.3, -0.25) is 14.5 Å². The number of rotatable bonds is 5. The molecule has 0 bridgehead atoms. The Morgan fingerprint density at radius 1 is 1.00 bits per heavy atom. The number of amides is 2. The van der Waals surface area contributed by atoms with Crippen LogP contribution < -0.4 is 20.1 Å². The van der Waals surface area contributed by atoms with E-state index in [1.807, 2.05) is 6.07 Å². The van der Waals surface area contributed by atoms with Gasteiger partial charge in [-0.25, -0.2) is 0 Å². The molecule has 0 aliphatic carbocycles. The fourth-order valence-electron chi connectivity index (χ4n) is 3.36. The van der Waals surface area contributed by atoms with E-state index in [1.54, 1.807) is 30.5 Å². The molecule has 0 saturated carbocycles. The molecule has 1 fully saturated rings. The molecule has 9 nitrogen and oxygen atoms in total.